The van der Waals surface area contributed by atoms with Gasteiger partial charge in [-0.3, -0.25) is 4.79 Å². The number of carbonyl (C=O) groups is 2. The smallest absolute Gasteiger partial charge is 0.345 e. The lowest BCUT2D eigenvalue weighted by Crippen LogP contribution is -2.34. The number of carbonyl (C=O) groups excluding carboxylic acids is 1. The van der Waals surface area contributed by atoms with Crippen LogP contribution in [-0.2, 0) is 4.79 Å². The molecule has 21 heavy (non-hydrogen) atoms. The molecule has 0 aliphatic rings. The third-order valence-electron chi connectivity index (χ3n) is 2.49. The molecule has 0 spiro atoms. The summed E-state index contributed by atoms with van der Waals surface area (Å²) < 4.78 is 0. The van der Waals surface area contributed by atoms with Gasteiger partial charge >= 0.3 is 5.97 Å². The average Bonchev–Trinajstić information content (AvgIpc) is 2.94. The van der Waals surface area contributed by atoms with E-state index in [4.69, 9.17) is 15.6 Å². The number of hydrogen-bond acceptors (Lipinski definition) is 6. The molecule has 6 nitrogen and oxygen atoms in total. The number of aromatic carboxylic acids is 1. The molecule has 0 saturated carbocycles. The van der Waals surface area contributed by atoms with E-state index in [0.29, 0.717) is 13.1 Å². The molecular weight excluding hydrogens is 310 g/mol. The topological polar surface area (TPSA) is 105 Å². The van der Waals surface area contributed by atoms with Gasteiger partial charge in [-0.15, -0.1) is 23.1 Å². The molecule has 1 aromatic heterocycles. The van der Waals surface area contributed by atoms with Crippen LogP contribution in [0.2, 0.25) is 0 Å². The molecule has 0 aliphatic heterocycles. The highest BCUT2D eigenvalue weighted by Crippen LogP contribution is 2.25. The van der Waals surface area contributed by atoms with Crippen LogP contribution < -0.4 is 0 Å². The molecule has 110 valence electrons. The Balaban J connectivity index is 2.53. The molecule has 1 amide bonds. The monoisotopic (exact) mass is 323 g/mol. The maximum Gasteiger partial charge on any atom is 0.345 e. The van der Waals surface area contributed by atoms with Crippen molar-refractivity contribution in [3.05, 3.63) is 16.3 Å². The zero-order valence-electron chi connectivity index (χ0n) is 11.1. The molecule has 0 unspecified atom stereocenters. The lowest BCUT2D eigenvalue weighted by atomic mass is 10.3. The summed E-state index contributed by atoms with van der Waals surface area (Å²) in [4.78, 5) is 25.3. The van der Waals surface area contributed by atoms with Gasteiger partial charge < -0.3 is 10.0 Å². The van der Waals surface area contributed by atoms with Crippen molar-refractivity contribution in [1.29, 1.82) is 10.5 Å². The molecule has 8 heteroatoms. The lowest BCUT2D eigenvalue weighted by molar-refractivity contribution is -0.128. The number of nitriles is 2. The van der Waals surface area contributed by atoms with Crippen molar-refractivity contribution in [1.82, 2.24) is 4.90 Å². The number of amides is 1. The van der Waals surface area contributed by atoms with Crippen molar-refractivity contribution in [2.75, 3.05) is 18.8 Å². The van der Waals surface area contributed by atoms with Crippen molar-refractivity contribution in [2.24, 2.45) is 0 Å². The molecule has 0 fully saturated rings. The predicted molar refractivity (Wildman–Crippen MR) is 79.0 cm³/mol. The van der Waals surface area contributed by atoms with Crippen LogP contribution in [0, 0.1) is 22.7 Å². The normalized spacial score (nSPS) is 9.62. The number of thiophene rings is 1. The van der Waals surface area contributed by atoms with Crippen LogP contribution in [0.15, 0.2) is 16.3 Å². The van der Waals surface area contributed by atoms with Crippen molar-refractivity contribution in [3.8, 4) is 12.1 Å². The Morgan fingerprint density at radius 1 is 1.29 bits per heavy atom. The van der Waals surface area contributed by atoms with E-state index in [1.807, 2.05) is 12.1 Å². The SMILES string of the molecule is N#CCCN(CCC#N)C(=O)CSc1csc(C(=O)O)c1. The van der Waals surface area contributed by atoms with Gasteiger partial charge in [0.25, 0.3) is 0 Å². The standard InChI is InChI=1S/C13H13N3O3S2/c14-3-1-5-16(6-2-4-15)12(17)9-20-10-7-11(13(18)19)21-8-10/h7-8H,1-2,5-6,9H2,(H,18,19). The predicted octanol–water partition coefficient (Wildman–Crippen LogP) is 2.19. The number of carboxylic acid groups (broad SMARTS) is 1. The Kier molecular flexibility index (Phi) is 7.30. The highest BCUT2D eigenvalue weighted by atomic mass is 32.2. The van der Waals surface area contributed by atoms with E-state index < -0.39 is 5.97 Å². The fourth-order valence-electron chi connectivity index (χ4n) is 1.47. The third kappa shape index (κ3) is 5.86. The van der Waals surface area contributed by atoms with Gasteiger partial charge in [-0.05, 0) is 6.07 Å². The summed E-state index contributed by atoms with van der Waals surface area (Å²) in [6.45, 7) is 0.614. The summed E-state index contributed by atoms with van der Waals surface area (Å²) in [6.07, 6.45) is 0.451. The average molecular weight is 323 g/mol. The number of hydrogen-bond donors (Lipinski definition) is 1. The Hall–Kier alpha value is -2.03. The van der Waals surface area contributed by atoms with Crippen molar-refractivity contribution >= 4 is 35.0 Å². The van der Waals surface area contributed by atoms with Gasteiger partial charge in [-0.1, -0.05) is 0 Å². The molecule has 0 bridgehead atoms. The number of rotatable bonds is 8. The summed E-state index contributed by atoms with van der Waals surface area (Å²) in [5.41, 5.74) is 0. The Bertz CT molecular complexity index is 568. The van der Waals surface area contributed by atoms with E-state index in [1.54, 1.807) is 5.38 Å². The molecular formula is C13H13N3O3S2. The lowest BCUT2D eigenvalue weighted by Gasteiger charge is -2.19. The van der Waals surface area contributed by atoms with Gasteiger partial charge in [0.15, 0.2) is 0 Å². The fraction of sp³-hybridized carbons (Fsp3) is 0.385. The number of carboxylic acids is 1. The first-order chi connectivity index (χ1) is 10.1. The van der Waals surface area contributed by atoms with E-state index in [2.05, 4.69) is 0 Å². The minimum atomic E-state index is -0.983. The Labute approximate surface area is 130 Å². The summed E-state index contributed by atoms with van der Waals surface area (Å²) in [5.74, 6) is -0.983. The molecule has 1 rings (SSSR count). The molecule has 1 N–H and O–H groups in total. The zero-order chi connectivity index (χ0) is 15.7. The molecule has 1 heterocycles. The first kappa shape index (κ1) is 17.0. The maximum atomic E-state index is 12.0. The van der Waals surface area contributed by atoms with Crippen LogP contribution in [0.1, 0.15) is 22.5 Å². The van der Waals surface area contributed by atoms with E-state index in [9.17, 15) is 9.59 Å². The van der Waals surface area contributed by atoms with Crippen LogP contribution in [0.5, 0.6) is 0 Å². The summed E-state index contributed by atoms with van der Waals surface area (Å²) in [5, 5.41) is 27.7. The first-order valence-corrected chi connectivity index (χ1v) is 7.91. The third-order valence-corrected chi connectivity index (χ3v) is 4.52. The largest absolute Gasteiger partial charge is 0.477 e. The first-order valence-electron chi connectivity index (χ1n) is 6.04. The summed E-state index contributed by atoms with van der Waals surface area (Å²) >= 11 is 2.37. The minimum Gasteiger partial charge on any atom is -0.477 e. The van der Waals surface area contributed by atoms with Crippen LogP contribution in [0.25, 0.3) is 0 Å². The van der Waals surface area contributed by atoms with Crippen molar-refractivity contribution in [3.63, 3.8) is 0 Å². The summed E-state index contributed by atoms with van der Waals surface area (Å²) in [6, 6.07) is 5.47. The Morgan fingerprint density at radius 2 is 1.90 bits per heavy atom. The van der Waals surface area contributed by atoms with Gasteiger partial charge in [0.05, 0.1) is 30.7 Å². The van der Waals surface area contributed by atoms with E-state index in [0.717, 1.165) is 16.2 Å². The molecule has 0 radical (unpaired) electrons. The second-order valence-electron chi connectivity index (χ2n) is 3.94. The minimum absolute atomic E-state index is 0.159. The molecule has 0 aliphatic carbocycles. The van der Waals surface area contributed by atoms with Gasteiger partial charge in [-0.25, -0.2) is 4.79 Å². The highest BCUT2D eigenvalue weighted by molar-refractivity contribution is 8.00. The van der Waals surface area contributed by atoms with Crippen molar-refractivity contribution in [2.45, 2.75) is 17.7 Å². The van der Waals surface area contributed by atoms with Crippen LogP contribution >= 0.6 is 23.1 Å². The van der Waals surface area contributed by atoms with E-state index >= 15 is 0 Å². The highest BCUT2D eigenvalue weighted by Gasteiger charge is 2.14. The number of nitrogens with zero attached hydrogens (tertiary/aromatic N) is 3. The number of thioether (sulfide) groups is 1. The van der Waals surface area contributed by atoms with E-state index in [1.165, 1.54) is 22.7 Å². The molecule has 1 aromatic rings. The zero-order valence-corrected chi connectivity index (χ0v) is 12.7. The van der Waals surface area contributed by atoms with Crippen LogP contribution in [0.4, 0.5) is 0 Å². The Morgan fingerprint density at radius 3 is 2.38 bits per heavy atom. The maximum absolute atomic E-state index is 12.0. The van der Waals surface area contributed by atoms with Gasteiger partial charge in [0.1, 0.15) is 4.88 Å². The van der Waals surface area contributed by atoms with Gasteiger partial charge in [-0.2, -0.15) is 10.5 Å². The molecule has 0 saturated heterocycles. The van der Waals surface area contributed by atoms with Crippen molar-refractivity contribution < 1.29 is 14.7 Å². The van der Waals surface area contributed by atoms with Gasteiger partial charge in [0, 0.05) is 23.4 Å². The van der Waals surface area contributed by atoms with Gasteiger partial charge in [0.2, 0.25) is 5.91 Å². The van der Waals surface area contributed by atoms with Crippen LogP contribution in [-0.4, -0.2) is 40.7 Å². The molecule has 0 atom stereocenters. The second kappa shape index (κ2) is 9.01. The second-order valence-corrected chi connectivity index (χ2v) is 5.90. The summed E-state index contributed by atoms with van der Waals surface area (Å²) in [7, 11) is 0. The van der Waals surface area contributed by atoms with E-state index in [-0.39, 0.29) is 29.4 Å². The quantitative estimate of drug-likeness (QED) is 0.735. The van der Waals surface area contributed by atoms with Crippen LogP contribution in [0.3, 0.4) is 0 Å². The molecule has 0 aromatic carbocycles. The fourth-order valence-corrected chi connectivity index (χ4v) is 3.25.